The second kappa shape index (κ2) is 8.58. The van der Waals surface area contributed by atoms with Gasteiger partial charge in [-0.2, -0.15) is 0 Å². The molecule has 1 amide bonds. The smallest absolute Gasteiger partial charge is 0.230 e. The monoisotopic (exact) mass is 367 g/mol. The number of ether oxygens (including phenoxy) is 1. The normalized spacial score (nSPS) is 10.5. The standard InChI is InChI=1S/C20H21N3O2S/c1-15-21-11-12-23(15)17-5-3-16(4-6-17)13-22-20(24)14-26-19-9-7-18(25-2)8-10-19/h3-12H,13-14H2,1-2H3,(H,22,24). The molecule has 5 nitrogen and oxygen atoms in total. The van der Waals surface area contributed by atoms with Crippen LogP contribution in [0.4, 0.5) is 0 Å². The number of thioether (sulfide) groups is 1. The Morgan fingerprint density at radius 2 is 1.88 bits per heavy atom. The maximum absolute atomic E-state index is 12.0. The molecule has 1 heterocycles. The summed E-state index contributed by atoms with van der Waals surface area (Å²) in [7, 11) is 1.64. The second-order valence-electron chi connectivity index (χ2n) is 5.75. The molecule has 3 aromatic rings. The first-order chi connectivity index (χ1) is 12.7. The predicted molar refractivity (Wildman–Crippen MR) is 104 cm³/mol. The molecule has 134 valence electrons. The average Bonchev–Trinajstić information content (AvgIpc) is 3.11. The van der Waals surface area contributed by atoms with Crippen molar-refractivity contribution in [1.29, 1.82) is 0 Å². The van der Waals surface area contributed by atoms with Gasteiger partial charge in [0.05, 0.1) is 12.9 Å². The first-order valence-electron chi connectivity index (χ1n) is 8.28. The van der Waals surface area contributed by atoms with Crippen molar-refractivity contribution >= 4 is 17.7 Å². The van der Waals surface area contributed by atoms with Gasteiger partial charge in [0.1, 0.15) is 11.6 Å². The van der Waals surface area contributed by atoms with E-state index in [1.54, 1.807) is 13.3 Å². The number of rotatable bonds is 7. The number of aryl methyl sites for hydroxylation is 1. The molecule has 0 atom stereocenters. The van der Waals surface area contributed by atoms with Gasteiger partial charge in [-0.25, -0.2) is 4.98 Å². The summed E-state index contributed by atoms with van der Waals surface area (Å²) in [5.41, 5.74) is 2.12. The Labute approximate surface area is 157 Å². The lowest BCUT2D eigenvalue weighted by Crippen LogP contribution is -2.24. The van der Waals surface area contributed by atoms with E-state index in [1.807, 2.05) is 66.2 Å². The highest BCUT2D eigenvalue weighted by Crippen LogP contribution is 2.21. The molecule has 6 heteroatoms. The quantitative estimate of drug-likeness (QED) is 0.648. The van der Waals surface area contributed by atoms with Crippen LogP contribution < -0.4 is 10.1 Å². The SMILES string of the molecule is COc1ccc(SCC(=O)NCc2ccc(-n3ccnc3C)cc2)cc1. The molecular formula is C20H21N3O2S. The molecule has 0 radical (unpaired) electrons. The number of methoxy groups -OCH3 is 1. The Morgan fingerprint density at radius 1 is 1.15 bits per heavy atom. The Balaban J connectivity index is 1.47. The molecule has 0 unspecified atom stereocenters. The lowest BCUT2D eigenvalue weighted by Gasteiger charge is -2.08. The van der Waals surface area contributed by atoms with E-state index in [9.17, 15) is 4.79 Å². The maximum atomic E-state index is 12.0. The van der Waals surface area contributed by atoms with Crippen LogP contribution in [0.25, 0.3) is 5.69 Å². The van der Waals surface area contributed by atoms with E-state index in [2.05, 4.69) is 10.3 Å². The van der Waals surface area contributed by atoms with E-state index in [1.165, 1.54) is 11.8 Å². The van der Waals surface area contributed by atoms with E-state index in [-0.39, 0.29) is 5.91 Å². The first-order valence-corrected chi connectivity index (χ1v) is 9.27. The molecule has 2 aromatic carbocycles. The minimum absolute atomic E-state index is 0.0142. The highest BCUT2D eigenvalue weighted by Gasteiger charge is 2.04. The van der Waals surface area contributed by atoms with Crippen molar-refractivity contribution in [1.82, 2.24) is 14.9 Å². The number of hydrogen-bond donors (Lipinski definition) is 1. The van der Waals surface area contributed by atoms with E-state index in [0.717, 1.165) is 27.7 Å². The third-order valence-electron chi connectivity index (χ3n) is 3.96. The largest absolute Gasteiger partial charge is 0.497 e. The van der Waals surface area contributed by atoms with Crippen molar-refractivity contribution in [2.75, 3.05) is 12.9 Å². The molecule has 0 spiro atoms. The number of nitrogens with zero attached hydrogens (tertiary/aromatic N) is 2. The molecule has 0 saturated carbocycles. The summed E-state index contributed by atoms with van der Waals surface area (Å²) < 4.78 is 7.15. The number of hydrogen-bond acceptors (Lipinski definition) is 4. The third-order valence-corrected chi connectivity index (χ3v) is 4.97. The van der Waals surface area contributed by atoms with Crippen LogP contribution in [-0.4, -0.2) is 28.3 Å². The fourth-order valence-corrected chi connectivity index (χ4v) is 3.23. The molecule has 0 fully saturated rings. The lowest BCUT2D eigenvalue weighted by molar-refractivity contribution is -0.118. The number of aromatic nitrogens is 2. The van der Waals surface area contributed by atoms with Gasteiger partial charge in [0, 0.05) is 29.5 Å². The number of nitrogens with one attached hydrogen (secondary N) is 1. The van der Waals surface area contributed by atoms with Gasteiger partial charge in [0.2, 0.25) is 5.91 Å². The van der Waals surface area contributed by atoms with Gasteiger partial charge in [-0.15, -0.1) is 11.8 Å². The van der Waals surface area contributed by atoms with Crippen LogP contribution in [0.2, 0.25) is 0 Å². The summed E-state index contributed by atoms with van der Waals surface area (Å²) >= 11 is 1.51. The molecule has 0 saturated heterocycles. The highest BCUT2D eigenvalue weighted by molar-refractivity contribution is 8.00. The molecule has 0 aliphatic carbocycles. The zero-order valence-electron chi connectivity index (χ0n) is 14.8. The van der Waals surface area contributed by atoms with Crippen LogP contribution >= 0.6 is 11.8 Å². The Hall–Kier alpha value is -2.73. The van der Waals surface area contributed by atoms with Crippen LogP contribution in [-0.2, 0) is 11.3 Å². The Morgan fingerprint density at radius 3 is 2.50 bits per heavy atom. The highest BCUT2D eigenvalue weighted by atomic mass is 32.2. The van der Waals surface area contributed by atoms with Crippen LogP contribution in [0.3, 0.4) is 0 Å². The van der Waals surface area contributed by atoms with Gasteiger partial charge >= 0.3 is 0 Å². The van der Waals surface area contributed by atoms with Gasteiger partial charge in [-0.1, -0.05) is 12.1 Å². The number of benzene rings is 2. The summed E-state index contributed by atoms with van der Waals surface area (Å²) in [5.74, 6) is 2.16. The number of amides is 1. The minimum Gasteiger partial charge on any atom is -0.497 e. The maximum Gasteiger partial charge on any atom is 0.230 e. The van der Waals surface area contributed by atoms with E-state index in [0.29, 0.717) is 12.3 Å². The van der Waals surface area contributed by atoms with Crippen LogP contribution in [0, 0.1) is 6.92 Å². The Bertz CT molecular complexity index is 858. The van der Waals surface area contributed by atoms with Gasteiger partial charge in [-0.05, 0) is 48.9 Å². The summed E-state index contributed by atoms with van der Waals surface area (Å²) in [6.07, 6.45) is 3.71. The van der Waals surface area contributed by atoms with Crippen LogP contribution in [0.1, 0.15) is 11.4 Å². The third kappa shape index (κ3) is 4.67. The minimum atomic E-state index is 0.0142. The second-order valence-corrected chi connectivity index (χ2v) is 6.80. The molecule has 1 N–H and O–H groups in total. The molecule has 26 heavy (non-hydrogen) atoms. The summed E-state index contributed by atoms with van der Waals surface area (Å²) in [6.45, 7) is 2.49. The van der Waals surface area contributed by atoms with E-state index in [4.69, 9.17) is 4.74 Å². The van der Waals surface area contributed by atoms with Crippen LogP contribution in [0.15, 0.2) is 65.8 Å². The Kier molecular flexibility index (Phi) is 5.96. The number of imidazole rings is 1. The summed E-state index contributed by atoms with van der Waals surface area (Å²) in [4.78, 5) is 17.3. The van der Waals surface area contributed by atoms with Crippen molar-refractivity contribution in [3.8, 4) is 11.4 Å². The van der Waals surface area contributed by atoms with Gasteiger partial charge in [0.25, 0.3) is 0 Å². The zero-order valence-corrected chi connectivity index (χ0v) is 15.6. The molecule has 0 aliphatic rings. The average molecular weight is 367 g/mol. The number of carbonyl (C=O) groups excluding carboxylic acids is 1. The van der Waals surface area contributed by atoms with Crippen molar-refractivity contribution < 1.29 is 9.53 Å². The van der Waals surface area contributed by atoms with Crippen molar-refractivity contribution in [3.63, 3.8) is 0 Å². The topological polar surface area (TPSA) is 56.1 Å². The molecule has 1 aromatic heterocycles. The van der Waals surface area contributed by atoms with Crippen molar-refractivity contribution in [2.45, 2.75) is 18.4 Å². The van der Waals surface area contributed by atoms with E-state index < -0.39 is 0 Å². The molecule has 3 rings (SSSR count). The molecule has 0 bridgehead atoms. The lowest BCUT2D eigenvalue weighted by atomic mass is 10.2. The molecule has 0 aliphatic heterocycles. The summed E-state index contributed by atoms with van der Waals surface area (Å²) in [5, 5.41) is 2.95. The predicted octanol–water partition coefficient (Wildman–Crippen LogP) is 3.60. The fraction of sp³-hybridized carbons (Fsp3) is 0.200. The van der Waals surface area contributed by atoms with Gasteiger partial charge in [-0.3, -0.25) is 4.79 Å². The van der Waals surface area contributed by atoms with Crippen molar-refractivity contribution in [3.05, 3.63) is 72.3 Å². The van der Waals surface area contributed by atoms with Crippen molar-refractivity contribution in [2.24, 2.45) is 0 Å². The fourth-order valence-electron chi connectivity index (χ4n) is 2.50. The van der Waals surface area contributed by atoms with Gasteiger partial charge < -0.3 is 14.6 Å². The summed E-state index contributed by atoms with van der Waals surface area (Å²) in [6, 6.07) is 15.8. The first kappa shape index (κ1) is 18.1. The molecular weight excluding hydrogens is 346 g/mol. The number of carbonyl (C=O) groups is 1. The van der Waals surface area contributed by atoms with Crippen LogP contribution in [0.5, 0.6) is 5.75 Å². The van der Waals surface area contributed by atoms with E-state index >= 15 is 0 Å². The zero-order chi connectivity index (χ0) is 18.4. The van der Waals surface area contributed by atoms with Gasteiger partial charge in [0.15, 0.2) is 0 Å².